The molecule has 1 aromatic rings. The minimum absolute atomic E-state index is 0.173. The molecule has 2 heterocycles. The molecule has 1 fully saturated rings. The Bertz CT molecular complexity index is 221. The second-order valence-corrected chi connectivity index (χ2v) is 3.30. The Balaban J connectivity index is 1.86. The van der Waals surface area contributed by atoms with Crippen molar-refractivity contribution in [1.82, 2.24) is 15.5 Å². The second kappa shape index (κ2) is 3.79. The van der Waals surface area contributed by atoms with Crippen LogP contribution in [0.25, 0.3) is 0 Å². The standard InChI is InChI=1S/C6H10N4OS/c1-2-11-3-5(7-1)9-6-10-8-4-12-6/h4-5,7H,1-3H2,(H,9,10). The molecule has 5 nitrogen and oxygen atoms in total. The summed E-state index contributed by atoms with van der Waals surface area (Å²) in [6.07, 6.45) is 0.173. The van der Waals surface area contributed by atoms with Gasteiger partial charge >= 0.3 is 0 Å². The zero-order chi connectivity index (χ0) is 8.23. The van der Waals surface area contributed by atoms with Gasteiger partial charge in [0.05, 0.1) is 13.2 Å². The van der Waals surface area contributed by atoms with Crippen LogP contribution in [-0.2, 0) is 4.74 Å². The summed E-state index contributed by atoms with van der Waals surface area (Å²) < 4.78 is 5.26. The smallest absolute Gasteiger partial charge is 0.206 e. The summed E-state index contributed by atoms with van der Waals surface area (Å²) in [5.41, 5.74) is 1.70. The molecule has 0 aliphatic carbocycles. The second-order valence-electron chi connectivity index (χ2n) is 2.47. The molecule has 66 valence electrons. The SMILES string of the molecule is c1nnc(NC2COCCN2)s1. The highest BCUT2D eigenvalue weighted by Crippen LogP contribution is 2.09. The molecular weight excluding hydrogens is 176 g/mol. The number of morpholine rings is 1. The summed E-state index contributed by atoms with van der Waals surface area (Å²) in [5.74, 6) is 0. The van der Waals surface area contributed by atoms with Crippen LogP contribution in [0.4, 0.5) is 5.13 Å². The predicted molar refractivity (Wildman–Crippen MR) is 46.1 cm³/mol. The van der Waals surface area contributed by atoms with Crippen molar-refractivity contribution in [1.29, 1.82) is 0 Å². The molecule has 1 aromatic heterocycles. The van der Waals surface area contributed by atoms with Gasteiger partial charge in [-0.15, -0.1) is 10.2 Å². The molecule has 1 unspecified atom stereocenters. The highest BCUT2D eigenvalue weighted by atomic mass is 32.1. The Morgan fingerprint density at radius 3 is 3.42 bits per heavy atom. The molecule has 1 aliphatic rings. The summed E-state index contributed by atoms with van der Waals surface area (Å²) >= 11 is 1.49. The average molecular weight is 186 g/mol. The van der Waals surface area contributed by atoms with E-state index in [1.54, 1.807) is 5.51 Å². The van der Waals surface area contributed by atoms with Crippen molar-refractivity contribution in [3.63, 3.8) is 0 Å². The van der Waals surface area contributed by atoms with E-state index in [4.69, 9.17) is 4.74 Å². The zero-order valence-corrected chi connectivity index (χ0v) is 7.30. The summed E-state index contributed by atoms with van der Waals surface area (Å²) in [6.45, 7) is 2.35. The minimum Gasteiger partial charge on any atom is -0.377 e. The van der Waals surface area contributed by atoms with Crippen LogP contribution >= 0.6 is 11.3 Å². The molecule has 1 atom stereocenters. The Morgan fingerprint density at radius 2 is 2.75 bits per heavy atom. The minimum atomic E-state index is 0.173. The molecule has 12 heavy (non-hydrogen) atoms. The van der Waals surface area contributed by atoms with Crippen molar-refractivity contribution < 1.29 is 4.74 Å². The lowest BCUT2D eigenvalue weighted by atomic mass is 10.4. The van der Waals surface area contributed by atoms with Crippen LogP contribution in [0.3, 0.4) is 0 Å². The van der Waals surface area contributed by atoms with Gasteiger partial charge in [0.1, 0.15) is 11.7 Å². The van der Waals surface area contributed by atoms with Gasteiger partial charge < -0.3 is 10.1 Å². The number of hydrogen-bond donors (Lipinski definition) is 2. The lowest BCUT2D eigenvalue weighted by Gasteiger charge is -2.23. The van der Waals surface area contributed by atoms with E-state index in [-0.39, 0.29) is 6.17 Å². The normalized spacial score (nSPS) is 23.8. The Kier molecular flexibility index (Phi) is 2.50. The molecular formula is C6H10N4OS. The number of aromatic nitrogens is 2. The number of ether oxygens (including phenoxy) is 1. The van der Waals surface area contributed by atoms with E-state index < -0.39 is 0 Å². The molecule has 0 amide bonds. The first-order chi connectivity index (χ1) is 5.95. The maximum Gasteiger partial charge on any atom is 0.206 e. The monoisotopic (exact) mass is 186 g/mol. The number of nitrogens with one attached hydrogen (secondary N) is 2. The van der Waals surface area contributed by atoms with Crippen molar-refractivity contribution in [3.8, 4) is 0 Å². The van der Waals surface area contributed by atoms with Crippen molar-refractivity contribution in [2.24, 2.45) is 0 Å². The van der Waals surface area contributed by atoms with Gasteiger partial charge in [-0.05, 0) is 0 Å². The fraction of sp³-hybridized carbons (Fsp3) is 0.667. The van der Waals surface area contributed by atoms with E-state index in [2.05, 4.69) is 20.8 Å². The van der Waals surface area contributed by atoms with Gasteiger partial charge in [-0.1, -0.05) is 11.3 Å². The lowest BCUT2D eigenvalue weighted by Crippen LogP contribution is -2.46. The fourth-order valence-electron chi connectivity index (χ4n) is 1.04. The third-order valence-corrected chi connectivity index (χ3v) is 2.20. The van der Waals surface area contributed by atoms with Gasteiger partial charge in [-0.25, -0.2) is 0 Å². The Morgan fingerprint density at radius 1 is 1.75 bits per heavy atom. The third kappa shape index (κ3) is 1.90. The predicted octanol–water partition coefficient (Wildman–Crippen LogP) is -0.104. The van der Waals surface area contributed by atoms with Crippen molar-refractivity contribution in [3.05, 3.63) is 5.51 Å². The van der Waals surface area contributed by atoms with Gasteiger partial charge in [0.15, 0.2) is 0 Å². The number of anilines is 1. The highest BCUT2D eigenvalue weighted by Gasteiger charge is 2.12. The molecule has 0 saturated carbocycles. The van der Waals surface area contributed by atoms with Gasteiger partial charge in [0.2, 0.25) is 5.13 Å². The van der Waals surface area contributed by atoms with E-state index in [0.717, 1.165) is 18.3 Å². The first-order valence-corrected chi connectivity index (χ1v) is 4.67. The molecule has 1 aliphatic heterocycles. The summed E-state index contributed by atoms with van der Waals surface area (Å²) in [4.78, 5) is 0. The maximum absolute atomic E-state index is 5.26. The van der Waals surface area contributed by atoms with Crippen molar-refractivity contribution >= 4 is 16.5 Å². The Hall–Kier alpha value is -0.720. The largest absolute Gasteiger partial charge is 0.377 e. The van der Waals surface area contributed by atoms with Gasteiger partial charge in [-0.2, -0.15) is 0 Å². The molecule has 1 saturated heterocycles. The molecule has 0 spiro atoms. The van der Waals surface area contributed by atoms with Crippen molar-refractivity contribution in [2.75, 3.05) is 25.1 Å². The number of hydrogen-bond acceptors (Lipinski definition) is 6. The maximum atomic E-state index is 5.26. The molecule has 0 aromatic carbocycles. The zero-order valence-electron chi connectivity index (χ0n) is 6.49. The first kappa shape index (κ1) is 7.90. The third-order valence-electron chi connectivity index (χ3n) is 1.58. The average Bonchev–Trinajstić information content (AvgIpc) is 2.59. The summed E-state index contributed by atoms with van der Waals surface area (Å²) in [7, 11) is 0. The fourth-order valence-corrected chi connectivity index (χ4v) is 1.54. The molecule has 0 bridgehead atoms. The van der Waals surface area contributed by atoms with E-state index in [1.807, 2.05) is 0 Å². The van der Waals surface area contributed by atoms with Crippen LogP contribution in [0.1, 0.15) is 0 Å². The summed E-state index contributed by atoms with van der Waals surface area (Å²) in [5, 5.41) is 14.9. The molecule has 2 N–H and O–H groups in total. The van der Waals surface area contributed by atoms with Crippen LogP contribution in [-0.4, -0.2) is 36.1 Å². The lowest BCUT2D eigenvalue weighted by molar-refractivity contribution is 0.0849. The van der Waals surface area contributed by atoms with Crippen LogP contribution in [0.15, 0.2) is 5.51 Å². The first-order valence-electron chi connectivity index (χ1n) is 3.79. The van der Waals surface area contributed by atoms with Crippen LogP contribution in [0, 0.1) is 0 Å². The van der Waals surface area contributed by atoms with Gasteiger partial charge in [-0.3, -0.25) is 5.32 Å². The van der Waals surface area contributed by atoms with Crippen LogP contribution in [0.5, 0.6) is 0 Å². The van der Waals surface area contributed by atoms with Crippen LogP contribution in [0.2, 0.25) is 0 Å². The van der Waals surface area contributed by atoms with Gasteiger partial charge in [0.25, 0.3) is 0 Å². The topological polar surface area (TPSA) is 59.1 Å². The molecule has 2 rings (SSSR count). The number of rotatable bonds is 2. The number of nitrogens with zero attached hydrogens (tertiary/aromatic N) is 2. The quantitative estimate of drug-likeness (QED) is 0.675. The van der Waals surface area contributed by atoms with E-state index in [1.165, 1.54) is 11.3 Å². The highest BCUT2D eigenvalue weighted by molar-refractivity contribution is 7.13. The van der Waals surface area contributed by atoms with E-state index in [0.29, 0.717) is 6.61 Å². The molecule has 0 radical (unpaired) electrons. The van der Waals surface area contributed by atoms with E-state index >= 15 is 0 Å². The summed E-state index contributed by atoms with van der Waals surface area (Å²) in [6, 6.07) is 0. The Labute approximate surface area is 74.1 Å². The van der Waals surface area contributed by atoms with Crippen molar-refractivity contribution in [2.45, 2.75) is 6.17 Å². The van der Waals surface area contributed by atoms with Gasteiger partial charge in [0, 0.05) is 6.54 Å². The van der Waals surface area contributed by atoms with Crippen LogP contribution < -0.4 is 10.6 Å². The molecule has 6 heteroatoms. The van der Waals surface area contributed by atoms with E-state index in [9.17, 15) is 0 Å².